The summed E-state index contributed by atoms with van der Waals surface area (Å²) < 4.78 is 22.7. The van der Waals surface area contributed by atoms with Crippen molar-refractivity contribution in [3.05, 3.63) is 0 Å². The van der Waals surface area contributed by atoms with Crippen LogP contribution in [0.25, 0.3) is 0 Å². The van der Waals surface area contributed by atoms with Crippen LogP contribution in [0.3, 0.4) is 0 Å². The molecule has 2 rings (SSSR count). The maximum absolute atomic E-state index is 10.8. The monoisotopic (exact) mass is 274 g/mol. The number of hydrogen-bond acceptors (Lipinski definition) is 5. The quantitative estimate of drug-likeness (QED) is 0.847. The van der Waals surface area contributed by atoms with E-state index in [-0.39, 0.29) is 12.2 Å². The standard InChI is InChI=1S/C14H26O5/c1-6-14(15,11-9-17-13(4,5)19-11)7-10-8-16-12(2,3)18-10/h10-11,15H,6-9H2,1-5H3/t10-,11+,14-/m0/s1. The summed E-state index contributed by atoms with van der Waals surface area (Å²) in [6.07, 6.45) is 0.668. The third-order valence-corrected chi connectivity index (χ3v) is 3.87. The summed E-state index contributed by atoms with van der Waals surface area (Å²) in [5.41, 5.74) is -0.942. The summed E-state index contributed by atoms with van der Waals surface area (Å²) in [4.78, 5) is 0. The first kappa shape index (κ1) is 15.2. The lowest BCUT2D eigenvalue weighted by Gasteiger charge is -2.34. The van der Waals surface area contributed by atoms with Gasteiger partial charge in [0.2, 0.25) is 0 Å². The van der Waals surface area contributed by atoms with E-state index in [1.54, 1.807) is 0 Å². The molecule has 0 spiro atoms. The summed E-state index contributed by atoms with van der Waals surface area (Å²) in [5.74, 6) is -1.19. The highest BCUT2D eigenvalue weighted by atomic mass is 16.8. The van der Waals surface area contributed by atoms with Gasteiger partial charge in [-0.25, -0.2) is 0 Å². The van der Waals surface area contributed by atoms with Gasteiger partial charge >= 0.3 is 0 Å². The van der Waals surface area contributed by atoms with E-state index in [0.29, 0.717) is 26.1 Å². The van der Waals surface area contributed by atoms with Crippen LogP contribution in [0, 0.1) is 0 Å². The summed E-state index contributed by atoms with van der Waals surface area (Å²) >= 11 is 0. The molecule has 0 saturated carbocycles. The van der Waals surface area contributed by atoms with Crippen molar-refractivity contribution < 1.29 is 24.1 Å². The van der Waals surface area contributed by atoms with Crippen molar-refractivity contribution in [2.75, 3.05) is 13.2 Å². The third kappa shape index (κ3) is 3.47. The number of aliphatic hydroxyl groups is 1. The van der Waals surface area contributed by atoms with Gasteiger partial charge in [0.05, 0.1) is 24.9 Å². The maximum Gasteiger partial charge on any atom is 0.163 e. The molecule has 0 radical (unpaired) electrons. The molecule has 2 aliphatic rings. The molecular formula is C14H26O5. The fourth-order valence-electron chi connectivity index (χ4n) is 2.71. The largest absolute Gasteiger partial charge is 0.387 e. The second-order valence-corrected chi connectivity index (χ2v) is 6.43. The molecule has 1 N–H and O–H groups in total. The Morgan fingerprint density at radius 1 is 1.05 bits per heavy atom. The third-order valence-electron chi connectivity index (χ3n) is 3.87. The first-order valence-corrected chi connectivity index (χ1v) is 7.02. The van der Waals surface area contributed by atoms with Crippen LogP contribution in [0.15, 0.2) is 0 Å². The van der Waals surface area contributed by atoms with E-state index in [2.05, 4.69) is 0 Å². The van der Waals surface area contributed by atoms with Gasteiger partial charge < -0.3 is 24.1 Å². The van der Waals surface area contributed by atoms with Gasteiger partial charge in [0.1, 0.15) is 6.10 Å². The minimum Gasteiger partial charge on any atom is -0.387 e. The zero-order valence-corrected chi connectivity index (χ0v) is 12.6. The van der Waals surface area contributed by atoms with Gasteiger partial charge in [0, 0.05) is 6.42 Å². The molecule has 2 heterocycles. The van der Waals surface area contributed by atoms with Crippen LogP contribution in [-0.4, -0.2) is 47.7 Å². The molecule has 0 aromatic carbocycles. The van der Waals surface area contributed by atoms with Crippen LogP contribution in [0.2, 0.25) is 0 Å². The molecule has 5 heteroatoms. The number of ether oxygens (including phenoxy) is 4. The average Bonchev–Trinajstić information content (AvgIpc) is 2.81. The van der Waals surface area contributed by atoms with Crippen molar-refractivity contribution in [3.8, 4) is 0 Å². The molecule has 0 unspecified atom stereocenters. The normalized spacial score (nSPS) is 36.3. The van der Waals surface area contributed by atoms with E-state index in [4.69, 9.17) is 18.9 Å². The van der Waals surface area contributed by atoms with Crippen LogP contribution >= 0.6 is 0 Å². The Morgan fingerprint density at radius 2 is 1.63 bits per heavy atom. The smallest absolute Gasteiger partial charge is 0.163 e. The molecule has 0 aliphatic carbocycles. The molecule has 112 valence electrons. The molecule has 2 fully saturated rings. The molecule has 5 nitrogen and oxygen atoms in total. The predicted molar refractivity (Wildman–Crippen MR) is 69.7 cm³/mol. The van der Waals surface area contributed by atoms with E-state index in [0.717, 1.165) is 0 Å². The van der Waals surface area contributed by atoms with E-state index >= 15 is 0 Å². The molecule has 19 heavy (non-hydrogen) atoms. The summed E-state index contributed by atoms with van der Waals surface area (Å²) in [7, 11) is 0. The summed E-state index contributed by atoms with van der Waals surface area (Å²) in [6.45, 7) is 10.4. The Morgan fingerprint density at radius 3 is 2.05 bits per heavy atom. The Labute approximate surface area is 115 Å². The van der Waals surface area contributed by atoms with E-state index in [1.807, 2.05) is 34.6 Å². The highest BCUT2D eigenvalue weighted by Gasteiger charge is 2.48. The Bertz CT molecular complexity index is 328. The molecule has 2 aliphatic heterocycles. The van der Waals surface area contributed by atoms with Crippen LogP contribution in [-0.2, 0) is 18.9 Å². The number of hydrogen-bond donors (Lipinski definition) is 1. The van der Waals surface area contributed by atoms with Crippen molar-refractivity contribution in [3.63, 3.8) is 0 Å². The van der Waals surface area contributed by atoms with Crippen molar-refractivity contribution in [2.45, 2.75) is 76.8 Å². The maximum atomic E-state index is 10.8. The van der Waals surface area contributed by atoms with Gasteiger partial charge in [-0.1, -0.05) is 6.92 Å². The molecule has 0 amide bonds. The van der Waals surface area contributed by atoms with Crippen molar-refractivity contribution >= 4 is 0 Å². The first-order chi connectivity index (χ1) is 8.66. The average molecular weight is 274 g/mol. The topological polar surface area (TPSA) is 57.2 Å². The lowest BCUT2D eigenvalue weighted by atomic mass is 9.88. The molecule has 0 aromatic heterocycles. The predicted octanol–water partition coefficient (Wildman–Crippen LogP) is 1.82. The zero-order chi connectivity index (χ0) is 14.3. The Kier molecular flexibility index (Phi) is 3.97. The van der Waals surface area contributed by atoms with Gasteiger partial charge in [0.25, 0.3) is 0 Å². The fraction of sp³-hybridized carbons (Fsp3) is 1.00. The Balaban J connectivity index is 1.99. The molecule has 0 bridgehead atoms. The number of rotatable bonds is 4. The molecular weight excluding hydrogens is 248 g/mol. The van der Waals surface area contributed by atoms with Crippen molar-refractivity contribution in [2.24, 2.45) is 0 Å². The van der Waals surface area contributed by atoms with Crippen molar-refractivity contribution in [1.82, 2.24) is 0 Å². The second kappa shape index (κ2) is 4.97. The minimum atomic E-state index is -0.942. The zero-order valence-electron chi connectivity index (χ0n) is 12.6. The fourth-order valence-corrected chi connectivity index (χ4v) is 2.71. The summed E-state index contributed by atoms with van der Waals surface area (Å²) in [5, 5.41) is 10.8. The summed E-state index contributed by atoms with van der Waals surface area (Å²) in [6, 6.07) is 0. The van der Waals surface area contributed by atoms with E-state index in [1.165, 1.54) is 0 Å². The second-order valence-electron chi connectivity index (χ2n) is 6.43. The van der Waals surface area contributed by atoms with Crippen LogP contribution in [0.5, 0.6) is 0 Å². The van der Waals surface area contributed by atoms with Crippen molar-refractivity contribution in [1.29, 1.82) is 0 Å². The lowest BCUT2D eigenvalue weighted by Crippen LogP contribution is -2.47. The van der Waals surface area contributed by atoms with Gasteiger partial charge in [-0.15, -0.1) is 0 Å². The van der Waals surface area contributed by atoms with Gasteiger partial charge in [-0.05, 0) is 34.1 Å². The van der Waals surface area contributed by atoms with Gasteiger partial charge in [-0.2, -0.15) is 0 Å². The molecule has 3 atom stereocenters. The van der Waals surface area contributed by atoms with Crippen LogP contribution in [0.4, 0.5) is 0 Å². The van der Waals surface area contributed by atoms with E-state index in [9.17, 15) is 5.11 Å². The van der Waals surface area contributed by atoms with Crippen LogP contribution in [0.1, 0.15) is 47.5 Å². The first-order valence-electron chi connectivity index (χ1n) is 7.02. The highest BCUT2D eigenvalue weighted by molar-refractivity contribution is 4.93. The Hall–Kier alpha value is -0.200. The van der Waals surface area contributed by atoms with Gasteiger partial charge in [-0.3, -0.25) is 0 Å². The highest BCUT2D eigenvalue weighted by Crippen LogP contribution is 2.36. The lowest BCUT2D eigenvalue weighted by molar-refractivity contribution is -0.183. The molecule has 0 aromatic rings. The SMILES string of the molecule is CC[C@](O)(C[C@H]1COC(C)(C)O1)[C@H]1COC(C)(C)O1. The van der Waals surface area contributed by atoms with E-state index < -0.39 is 17.2 Å². The minimum absolute atomic E-state index is 0.104. The van der Waals surface area contributed by atoms with Gasteiger partial charge in [0.15, 0.2) is 11.6 Å². The molecule has 2 saturated heterocycles. The van der Waals surface area contributed by atoms with Crippen LogP contribution < -0.4 is 0 Å².